The van der Waals surface area contributed by atoms with Gasteiger partial charge in [0, 0.05) is 18.5 Å². The standard InChI is InChI=1S/C23H26F3NO/c1-21(2)10-11-22(3,4)19-13-15(5-7-18(19)21)17(9-12-28)16-6-8-20(27-14-16)23(24,25)26/h5-8,12-14,17H,9-11H2,1-4H3. The number of hydrogen-bond acceptors (Lipinski definition) is 2. The maximum Gasteiger partial charge on any atom is 0.433 e. The summed E-state index contributed by atoms with van der Waals surface area (Å²) in [4.78, 5) is 14.9. The lowest BCUT2D eigenvalue weighted by molar-refractivity contribution is -0.141. The zero-order valence-electron chi connectivity index (χ0n) is 16.7. The zero-order chi connectivity index (χ0) is 20.7. The summed E-state index contributed by atoms with van der Waals surface area (Å²) in [6.07, 6.45) is -0.0400. The van der Waals surface area contributed by atoms with Gasteiger partial charge in [-0.2, -0.15) is 13.2 Å². The molecule has 0 spiro atoms. The number of halogens is 3. The molecule has 1 heterocycles. The first-order chi connectivity index (χ1) is 13.0. The summed E-state index contributed by atoms with van der Waals surface area (Å²) in [5.41, 5.74) is 3.31. The molecule has 0 saturated heterocycles. The molecule has 0 N–H and O–H groups in total. The number of aromatic nitrogens is 1. The van der Waals surface area contributed by atoms with E-state index >= 15 is 0 Å². The Morgan fingerprint density at radius 3 is 2.14 bits per heavy atom. The quantitative estimate of drug-likeness (QED) is 0.585. The molecule has 1 aliphatic carbocycles. The summed E-state index contributed by atoms with van der Waals surface area (Å²) in [5, 5.41) is 0. The van der Waals surface area contributed by atoms with Gasteiger partial charge in [-0.1, -0.05) is 52.0 Å². The van der Waals surface area contributed by atoms with E-state index in [1.54, 1.807) is 0 Å². The normalized spacial score (nSPS) is 19.0. The fourth-order valence-corrected chi connectivity index (χ4v) is 4.16. The molecule has 0 radical (unpaired) electrons. The fourth-order valence-electron chi connectivity index (χ4n) is 4.16. The van der Waals surface area contributed by atoms with Gasteiger partial charge in [0.2, 0.25) is 0 Å². The maximum absolute atomic E-state index is 12.8. The number of carbonyl (C=O) groups is 1. The number of nitrogens with zero attached hydrogens (tertiary/aromatic N) is 1. The van der Waals surface area contributed by atoms with Crippen LogP contribution in [0.3, 0.4) is 0 Å². The summed E-state index contributed by atoms with van der Waals surface area (Å²) in [6, 6.07) is 8.69. The molecule has 1 atom stereocenters. The average molecular weight is 389 g/mol. The van der Waals surface area contributed by atoms with Gasteiger partial charge in [-0.05, 0) is 52.0 Å². The molecular weight excluding hydrogens is 363 g/mol. The minimum absolute atomic E-state index is 0.0188. The second-order valence-corrected chi connectivity index (χ2v) is 9.00. The highest BCUT2D eigenvalue weighted by Crippen LogP contribution is 2.47. The molecule has 0 amide bonds. The van der Waals surface area contributed by atoms with Crippen LogP contribution in [0.1, 0.15) is 80.8 Å². The van der Waals surface area contributed by atoms with Crippen molar-refractivity contribution in [3.8, 4) is 0 Å². The fraction of sp³-hybridized carbons (Fsp3) is 0.478. The topological polar surface area (TPSA) is 30.0 Å². The summed E-state index contributed by atoms with van der Waals surface area (Å²) in [5.74, 6) is -0.307. The van der Waals surface area contributed by atoms with Crippen LogP contribution in [0, 0.1) is 0 Å². The first-order valence-electron chi connectivity index (χ1n) is 9.57. The van der Waals surface area contributed by atoms with Crippen LogP contribution in [-0.2, 0) is 21.8 Å². The van der Waals surface area contributed by atoms with Crippen LogP contribution in [0.2, 0.25) is 0 Å². The highest BCUT2D eigenvalue weighted by molar-refractivity contribution is 5.55. The number of alkyl halides is 3. The molecule has 3 rings (SSSR count). The lowest BCUT2D eigenvalue weighted by atomic mass is 9.62. The summed E-state index contributed by atoms with van der Waals surface area (Å²) < 4.78 is 38.5. The third-order valence-corrected chi connectivity index (χ3v) is 6.09. The van der Waals surface area contributed by atoms with E-state index in [2.05, 4.69) is 44.8 Å². The zero-order valence-corrected chi connectivity index (χ0v) is 16.7. The van der Waals surface area contributed by atoms with Crippen molar-refractivity contribution in [2.75, 3.05) is 0 Å². The molecule has 2 aromatic rings. The molecule has 0 aliphatic heterocycles. The molecule has 5 heteroatoms. The van der Waals surface area contributed by atoms with Crippen LogP contribution in [0.4, 0.5) is 13.2 Å². The molecule has 1 aromatic carbocycles. The Bertz CT molecular complexity index is 866. The van der Waals surface area contributed by atoms with E-state index in [9.17, 15) is 18.0 Å². The minimum atomic E-state index is -4.47. The van der Waals surface area contributed by atoms with Gasteiger partial charge in [0.25, 0.3) is 0 Å². The smallest absolute Gasteiger partial charge is 0.303 e. The average Bonchev–Trinajstić information content (AvgIpc) is 2.63. The van der Waals surface area contributed by atoms with Crippen molar-refractivity contribution in [1.82, 2.24) is 4.98 Å². The number of carbonyl (C=O) groups excluding carboxylic acids is 1. The molecular formula is C23H26F3NO. The van der Waals surface area contributed by atoms with Gasteiger partial charge in [-0.25, -0.2) is 0 Å². The minimum Gasteiger partial charge on any atom is -0.303 e. The maximum atomic E-state index is 12.8. The molecule has 0 fully saturated rings. The van der Waals surface area contributed by atoms with E-state index in [1.165, 1.54) is 23.4 Å². The third-order valence-electron chi connectivity index (χ3n) is 6.09. The molecule has 28 heavy (non-hydrogen) atoms. The Hall–Kier alpha value is -2.17. The number of aldehydes is 1. The van der Waals surface area contributed by atoms with Gasteiger partial charge in [0.05, 0.1) is 0 Å². The van der Waals surface area contributed by atoms with Crippen LogP contribution in [0.15, 0.2) is 36.5 Å². The van der Waals surface area contributed by atoms with Crippen molar-refractivity contribution < 1.29 is 18.0 Å². The van der Waals surface area contributed by atoms with Crippen LogP contribution < -0.4 is 0 Å². The van der Waals surface area contributed by atoms with E-state index in [0.717, 1.165) is 30.8 Å². The van der Waals surface area contributed by atoms with Gasteiger partial charge >= 0.3 is 6.18 Å². The van der Waals surface area contributed by atoms with Crippen molar-refractivity contribution in [1.29, 1.82) is 0 Å². The first kappa shape index (κ1) is 20.6. The van der Waals surface area contributed by atoms with Gasteiger partial charge in [-0.15, -0.1) is 0 Å². The lowest BCUT2D eigenvalue weighted by Gasteiger charge is -2.42. The predicted octanol–water partition coefficient (Wildman–Crippen LogP) is 6.17. The highest BCUT2D eigenvalue weighted by Gasteiger charge is 2.37. The van der Waals surface area contributed by atoms with Crippen molar-refractivity contribution in [2.24, 2.45) is 0 Å². The number of pyridine rings is 1. The monoisotopic (exact) mass is 389 g/mol. The van der Waals surface area contributed by atoms with Crippen molar-refractivity contribution >= 4 is 6.29 Å². The van der Waals surface area contributed by atoms with Crippen molar-refractivity contribution in [2.45, 2.75) is 69.9 Å². The summed E-state index contributed by atoms with van der Waals surface area (Å²) in [6.45, 7) is 8.92. The van der Waals surface area contributed by atoms with Crippen molar-refractivity contribution in [3.63, 3.8) is 0 Å². The first-order valence-corrected chi connectivity index (χ1v) is 9.57. The second kappa shape index (κ2) is 7.02. The van der Waals surface area contributed by atoms with E-state index in [1.807, 2.05) is 6.07 Å². The molecule has 2 nitrogen and oxygen atoms in total. The number of benzene rings is 1. The van der Waals surface area contributed by atoms with Crippen LogP contribution in [-0.4, -0.2) is 11.3 Å². The van der Waals surface area contributed by atoms with E-state index in [-0.39, 0.29) is 23.2 Å². The molecule has 0 saturated carbocycles. The van der Waals surface area contributed by atoms with Crippen LogP contribution >= 0.6 is 0 Å². The van der Waals surface area contributed by atoms with E-state index < -0.39 is 11.9 Å². The Balaban J connectivity index is 2.05. The van der Waals surface area contributed by atoms with E-state index in [0.29, 0.717) is 5.56 Å². The Morgan fingerprint density at radius 2 is 1.61 bits per heavy atom. The van der Waals surface area contributed by atoms with Gasteiger partial charge < -0.3 is 4.79 Å². The van der Waals surface area contributed by atoms with Gasteiger partial charge in [-0.3, -0.25) is 4.98 Å². The Labute approximate surface area is 164 Å². The highest BCUT2D eigenvalue weighted by atomic mass is 19.4. The SMILES string of the molecule is CC1(C)CCC(C)(C)c2cc(C(CC=O)c3ccc(C(F)(F)F)nc3)ccc21. The third kappa shape index (κ3) is 3.85. The second-order valence-electron chi connectivity index (χ2n) is 9.00. The van der Waals surface area contributed by atoms with Gasteiger partial charge in [0.15, 0.2) is 0 Å². The molecule has 0 bridgehead atoms. The van der Waals surface area contributed by atoms with E-state index in [4.69, 9.17) is 0 Å². The number of fused-ring (bicyclic) bond motifs is 1. The predicted molar refractivity (Wildman–Crippen MR) is 103 cm³/mol. The summed E-state index contributed by atoms with van der Waals surface area (Å²) in [7, 11) is 0. The van der Waals surface area contributed by atoms with Crippen LogP contribution in [0.5, 0.6) is 0 Å². The largest absolute Gasteiger partial charge is 0.433 e. The summed E-state index contributed by atoms with van der Waals surface area (Å²) >= 11 is 0. The van der Waals surface area contributed by atoms with Gasteiger partial charge in [0.1, 0.15) is 12.0 Å². The Kier molecular flexibility index (Phi) is 5.15. The number of rotatable bonds is 4. The van der Waals surface area contributed by atoms with Crippen molar-refractivity contribution in [3.05, 3.63) is 64.5 Å². The molecule has 1 aromatic heterocycles. The Morgan fingerprint density at radius 1 is 1.00 bits per heavy atom. The lowest BCUT2D eigenvalue weighted by Crippen LogP contribution is -2.34. The molecule has 1 aliphatic rings. The van der Waals surface area contributed by atoms with Crippen LogP contribution in [0.25, 0.3) is 0 Å². The molecule has 1 unspecified atom stereocenters. The molecule has 150 valence electrons. The number of hydrogen-bond donors (Lipinski definition) is 0.